The van der Waals surface area contributed by atoms with Gasteiger partial charge in [0.1, 0.15) is 12.4 Å². The molecule has 1 amide bonds. The summed E-state index contributed by atoms with van der Waals surface area (Å²) in [5, 5.41) is 6.22. The second-order valence-corrected chi connectivity index (χ2v) is 6.26. The number of nitrogens with one attached hydrogen (secondary N) is 2. The van der Waals surface area contributed by atoms with Crippen LogP contribution in [0.3, 0.4) is 0 Å². The minimum absolute atomic E-state index is 0.212. The van der Waals surface area contributed by atoms with Crippen LogP contribution < -0.4 is 15.4 Å². The lowest BCUT2D eigenvalue weighted by Gasteiger charge is -2.12. The highest BCUT2D eigenvalue weighted by Gasteiger charge is 2.12. The Balaban J connectivity index is 1.67. The van der Waals surface area contributed by atoms with Gasteiger partial charge in [-0.15, -0.1) is 0 Å². The molecule has 0 aliphatic carbocycles. The number of ether oxygens (including phenoxy) is 1. The molecule has 0 atom stereocenters. The topological polar surface area (TPSA) is 50.4 Å². The quantitative estimate of drug-likeness (QED) is 0.538. The normalized spacial score (nSPS) is 10.1. The lowest BCUT2D eigenvalue weighted by molar-refractivity contribution is 0.102. The van der Waals surface area contributed by atoms with E-state index in [-0.39, 0.29) is 5.91 Å². The summed E-state index contributed by atoms with van der Waals surface area (Å²) in [7, 11) is 0. The largest absolute Gasteiger partial charge is 0.488 e. The molecule has 0 aliphatic rings. The number of anilines is 3. The van der Waals surface area contributed by atoms with E-state index >= 15 is 0 Å². The molecule has 27 heavy (non-hydrogen) atoms. The second-order valence-electron chi connectivity index (χ2n) is 6.26. The minimum atomic E-state index is -0.212. The summed E-state index contributed by atoms with van der Waals surface area (Å²) in [6, 6.07) is 24.7. The Morgan fingerprint density at radius 2 is 1.44 bits per heavy atom. The van der Waals surface area contributed by atoms with E-state index in [2.05, 4.69) is 17.2 Å². The van der Waals surface area contributed by atoms with Crippen LogP contribution >= 0.6 is 0 Å². The molecule has 0 heterocycles. The Kier molecular flexibility index (Phi) is 5.90. The molecule has 4 heteroatoms. The second kappa shape index (κ2) is 8.72. The summed E-state index contributed by atoms with van der Waals surface area (Å²) < 4.78 is 5.67. The van der Waals surface area contributed by atoms with Crippen LogP contribution in [0, 0.1) is 0 Å². The SMILES string of the molecule is C=C(C)COc1ccccc1C(=O)Nc1ccc(Nc2ccccc2)cc1. The predicted molar refractivity (Wildman–Crippen MR) is 111 cm³/mol. The van der Waals surface area contributed by atoms with Gasteiger partial charge in [-0.3, -0.25) is 4.79 Å². The molecule has 136 valence electrons. The third kappa shape index (κ3) is 5.22. The summed E-state index contributed by atoms with van der Waals surface area (Å²) in [5.74, 6) is 0.330. The maximum absolute atomic E-state index is 12.6. The van der Waals surface area contributed by atoms with Crippen molar-refractivity contribution in [2.24, 2.45) is 0 Å². The molecule has 0 radical (unpaired) electrons. The molecule has 4 nitrogen and oxygen atoms in total. The van der Waals surface area contributed by atoms with E-state index in [1.807, 2.05) is 73.7 Å². The Morgan fingerprint density at radius 1 is 0.852 bits per heavy atom. The predicted octanol–water partition coefficient (Wildman–Crippen LogP) is 5.64. The van der Waals surface area contributed by atoms with E-state index in [1.165, 1.54) is 0 Å². The first-order valence-electron chi connectivity index (χ1n) is 8.71. The van der Waals surface area contributed by atoms with Gasteiger partial charge in [-0.25, -0.2) is 0 Å². The van der Waals surface area contributed by atoms with Crippen molar-refractivity contribution in [3.05, 3.63) is 96.6 Å². The maximum Gasteiger partial charge on any atom is 0.259 e. The van der Waals surface area contributed by atoms with Crippen molar-refractivity contribution < 1.29 is 9.53 Å². The molecule has 0 bridgehead atoms. The smallest absolute Gasteiger partial charge is 0.259 e. The van der Waals surface area contributed by atoms with Gasteiger partial charge in [-0.2, -0.15) is 0 Å². The van der Waals surface area contributed by atoms with Gasteiger partial charge in [-0.1, -0.05) is 36.9 Å². The van der Waals surface area contributed by atoms with E-state index in [4.69, 9.17) is 4.74 Å². The zero-order valence-electron chi connectivity index (χ0n) is 15.2. The first-order chi connectivity index (χ1) is 13.1. The molecule has 0 saturated heterocycles. The number of carbonyl (C=O) groups is 1. The Bertz CT molecular complexity index is 919. The summed E-state index contributed by atoms with van der Waals surface area (Å²) in [6.45, 7) is 6.08. The van der Waals surface area contributed by atoms with Gasteiger partial charge in [0.05, 0.1) is 5.56 Å². The van der Waals surface area contributed by atoms with Crippen LogP contribution in [0.5, 0.6) is 5.75 Å². The monoisotopic (exact) mass is 358 g/mol. The Morgan fingerprint density at radius 3 is 2.15 bits per heavy atom. The summed E-state index contributed by atoms with van der Waals surface area (Å²) in [5.41, 5.74) is 4.06. The third-order valence-electron chi connectivity index (χ3n) is 3.81. The lowest BCUT2D eigenvalue weighted by Crippen LogP contribution is -2.14. The average molecular weight is 358 g/mol. The number of amides is 1. The molecule has 3 aromatic rings. The number of benzene rings is 3. The molecule has 0 aliphatic heterocycles. The fourth-order valence-electron chi connectivity index (χ4n) is 2.50. The Hall–Kier alpha value is -3.53. The van der Waals surface area contributed by atoms with Crippen molar-refractivity contribution in [3.8, 4) is 5.75 Å². The molecule has 3 rings (SSSR count). The lowest BCUT2D eigenvalue weighted by atomic mass is 10.1. The average Bonchev–Trinajstić information content (AvgIpc) is 2.69. The maximum atomic E-state index is 12.6. The van der Waals surface area contributed by atoms with Gasteiger partial charge in [0, 0.05) is 17.1 Å². The molecule has 0 fully saturated rings. The summed E-state index contributed by atoms with van der Waals surface area (Å²) in [4.78, 5) is 12.6. The van der Waals surface area contributed by atoms with Crippen LogP contribution in [-0.2, 0) is 0 Å². The highest BCUT2D eigenvalue weighted by atomic mass is 16.5. The van der Waals surface area contributed by atoms with Gasteiger partial charge in [-0.05, 0) is 61.0 Å². The van der Waals surface area contributed by atoms with Crippen molar-refractivity contribution >= 4 is 23.0 Å². The van der Waals surface area contributed by atoms with E-state index in [9.17, 15) is 4.79 Å². The molecular weight excluding hydrogens is 336 g/mol. The van der Waals surface area contributed by atoms with Crippen LogP contribution in [-0.4, -0.2) is 12.5 Å². The highest BCUT2D eigenvalue weighted by Crippen LogP contribution is 2.22. The molecule has 0 aromatic heterocycles. The Labute approximate surface area is 159 Å². The van der Waals surface area contributed by atoms with Crippen LogP contribution in [0.2, 0.25) is 0 Å². The summed E-state index contributed by atoms with van der Waals surface area (Å²) >= 11 is 0. The molecule has 0 unspecified atom stereocenters. The standard InChI is InChI=1S/C23H22N2O2/c1-17(2)16-27-22-11-7-6-10-21(22)23(26)25-20-14-12-19(13-15-20)24-18-8-4-3-5-9-18/h3-15,24H,1,16H2,2H3,(H,25,26). The zero-order valence-corrected chi connectivity index (χ0v) is 15.2. The zero-order chi connectivity index (χ0) is 19.1. The molecule has 3 aromatic carbocycles. The van der Waals surface area contributed by atoms with E-state index < -0.39 is 0 Å². The van der Waals surface area contributed by atoms with Crippen LogP contribution in [0.1, 0.15) is 17.3 Å². The van der Waals surface area contributed by atoms with E-state index in [1.54, 1.807) is 12.1 Å². The third-order valence-corrected chi connectivity index (χ3v) is 3.81. The van der Waals surface area contributed by atoms with Gasteiger partial charge >= 0.3 is 0 Å². The van der Waals surface area contributed by atoms with Crippen LogP contribution in [0.15, 0.2) is 91.0 Å². The van der Waals surface area contributed by atoms with Crippen molar-refractivity contribution in [1.82, 2.24) is 0 Å². The summed E-state index contributed by atoms with van der Waals surface area (Å²) in [6.07, 6.45) is 0. The number of rotatable bonds is 7. The van der Waals surface area contributed by atoms with Gasteiger partial charge in [0.2, 0.25) is 0 Å². The van der Waals surface area contributed by atoms with Crippen LogP contribution in [0.4, 0.5) is 17.1 Å². The molecule has 2 N–H and O–H groups in total. The van der Waals surface area contributed by atoms with Crippen molar-refractivity contribution in [3.63, 3.8) is 0 Å². The van der Waals surface area contributed by atoms with E-state index in [0.29, 0.717) is 23.6 Å². The van der Waals surface area contributed by atoms with Crippen molar-refractivity contribution in [2.45, 2.75) is 6.92 Å². The van der Waals surface area contributed by atoms with Gasteiger partial charge in [0.15, 0.2) is 0 Å². The highest BCUT2D eigenvalue weighted by molar-refractivity contribution is 6.06. The first-order valence-corrected chi connectivity index (χ1v) is 8.71. The number of para-hydroxylation sites is 2. The number of hydrogen-bond acceptors (Lipinski definition) is 3. The van der Waals surface area contributed by atoms with E-state index in [0.717, 1.165) is 16.9 Å². The van der Waals surface area contributed by atoms with Crippen molar-refractivity contribution in [2.75, 3.05) is 17.2 Å². The first kappa shape index (κ1) is 18.3. The van der Waals surface area contributed by atoms with Crippen LogP contribution in [0.25, 0.3) is 0 Å². The van der Waals surface area contributed by atoms with Crippen molar-refractivity contribution in [1.29, 1.82) is 0 Å². The molecular formula is C23H22N2O2. The molecule has 0 saturated carbocycles. The fourth-order valence-corrected chi connectivity index (χ4v) is 2.50. The van der Waals surface area contributed by atoms with Gasteiger partial charge in [0.25, 0.3) is 5.91 Å². The van der Waals surface area contributed by atoms with Gasteiger partial charge < -0.3 is 15.4 Å². The minimum Gasteiger partial charge on any atom is -0.488 e. The molecule has 0 spiro atoms. The number of hydrogen-bond donors (Lipinski definition) is 2. The number of carbonyl (C=O) groups excluding carboxylic acids is 1. The fraction of sp³-hybridized carbons (Fsp3) is 0.0870.